The van der Waals surface area contributed by atoms with Crippen LogP contribution in [0.3, 0.4) is 0 Å². The predicted octanol–water partition coefficient (Wildman–Crippen LogP) is 3.52. The smallest absolute Gasteiger partial charge is 0.292 e. The summed E-state index contributed by atoms with van der Waals surface area (Å²) in [5.74, 6) is 0.461. The summed E-state index contributed by atoms with van der Waals surface area (Å²) in [6.07, 6.45) is 1.23. The summed E-state index contributed by atoms with van der Waals surface area (Å²) < 4.78 is 7.89. The number of furan rings is 1. The summed E-state index contributed by atoms with van der Waals surface area (Å²) in [6.45, 7) is 7.79. The molecule has 3 aromatic heterocycles. The Morgan fingerprint density at radius 2 is 2.00 bits per heavy atom. The van der Waals surface area contributed by atoms with Gasteiger partial charge in [-0.3, -0.25) is 9.59 Å². The SMILES string of the molecule is C=CC(=O)NCc1ccc(-n2nc3c(=O)[nH]nc(N)c3c2-c2oc3ccc(C)cc3c2C)cc1. The maximum Gasteiger partial charge on any atom is 0.292 e. The molecule has 0 bridgehead atoms. The van der Waals surface area contributed by atoms with Crippen molar-refractivity contribution in [2.24, 2.45) is 0 Å². The first kappa shape index (κ1) is 21.2. The molecule has 0 fully saturated rings. The minimum Gasteiger partial charge on any atom is -0.454 e. The van der Waals surface area contributed by atoms with E-state index < -0.39 is 5.56 Å². The molecule has 5 aromatic rings. The molecule has 0 aliphatic rings. The molecule has 9 heteroatoms. The number of carbonyl (C=O) groups is 1. The van der Waals surface area contributed by atoms with Crippen LogP contribution in [0.5, 0.6) is 0 Å². The molecule has 0 spiro atoms. The Balaban J connectivity index is 1.72. The Hall–Kier alpha value is -4.66. The van der Waals surface area contributed by atoms with Crippen molar-refractivity contribution in [1.29, 1.82) is 0 Å². The van der Waals surface area contributed by atoms with Crippen LogP contribution >= 0.6 is 0 Å². The van der Waals surface area contributed by atoms with Gasteiger partial charge in [0.15, 0.2) is 17.1 Å². The minimum atomic E-state index is -0.447. The summed E-state index contributed by atoms with van der Waals surface area (Å²) in [4.78, 5) is 24.0. The van der Waals surface area contributed by atoms with Crippen molar-refractivity contribution in [2.45, 2.75) is 20.4 Å². The molecule has 3 heterocycles. The minimum absolute atomic E-state index is 0.149. The molecule has 0 aliphatic carbocycles. The highest BCUT2D eigenvalue weighted by Gasteiger charge is 2.25. The van der Waals surface area contributed by atoms with E-state index >= 15 is 0 Å². The van der Waals surface area contributed by atoms with E-state index in [-0.39, 0.29) is 17.2 Å². The van der Waals surface area contributed by atoms with Gasteiger partial charge in [0.1, 0.15) is 11.3 Å². The maximum absolute atomic E-state index is 12.6. The van der Waals surface area contributed by atoms with Gasteiger partial charge in [-0.2, -0.15) is 10.2 Å². The fraction of sp³-hybridized carbons (Fsp3) is 0.120. The Morgan fingerprint density at radius 3 is 2.74 bits per heavy atom. The van der Waals surface area contributed by atoms with E-state index in [9.17, 15) is 9.59 Å². The number of aromatic amines is 1. The lowest BCUT2D eigenvalue weighted by molar-refractivity contribution is -0.116. The summed E-state index contributed by atoms with van der Waals surface area (Å²) >= 11 is 0. The van der Waals surface area contributed by atoms with Gasteiger partial charge in [0.25, 0.3) is 5.56 Å². The molecule has 0 saturated heterocycles. The van der Waals surface area contributed by atoms with Crippen molar-refractivity contribution in [3.05, 3.63) is 82.2 Å². The summed E-state index contributed by atoms with van der Waals surface area (Å²) in [6, 6.07) is 13.4. The Labute approximate surface area is 193 Å². The van der Waals surface area contributed by atoms with E-state index in [0.29, 0.717) is 29.1 Å². The highest BCUT2D eigenvalue weighted by molar-refractivity contribution is 6.02. The summed E-state index contributed by atoms with van der Waals surface area (Å²) in [5.41, 5.74) is 10.8. The fourth-order valence-electron chi connectivity index (χ4n) is 4.01. The Kier molecular flexibility index (Phi) is 5.01. The first-order valence-corrected chi connectivity index (χ1v) is 10.6. The van der Waals surface area contributed by atoms with Gasteiger partial charge in [0.2, 0.25) is 5.91 Å². The zero-order valence-electron chi connectivity index (χ0n) is 18.7. The molecule has 170 valence electrons. The van der Waals surface area contributed by atoms with Crippen molar-refractivity contribution in [3.8, 4) is 17.1 Å². The van der Waals surface area contributed by atoms with Crippen molar-refractivity contribution in [3.63, 3.8) is 0 Å². The third-order valence-corrected chi connectivity index (χ3v) is 5.77. The van der Waals surface area contributed by atoms with Gasteiger partial charge in [0, 0.05) is 17.5 Å². The van der Waals surface area contributed by atoms with Crippen LogP contribution in [0.15, 0.2) is 64.3 Å². The number of hydrogen-bond donors (Lipinski definition) is 3. The average molecular weight is 454 g/mol. The maximum atomic E-state index is 12.6. The quantitative estimate of drug-likeness (QED) is 0.348. The van der Waals surface area contributed by atoms with E-state index in [2.05, 4.69) is 33.3 Å². The molecule has 5 rings (SSSR count). The first-order valence-electron chi connectivity index (χ1n) is 10.6. The number of amides is 1. The lowest BCUT2D eigenvalue weighted by atomic mass is 10.1. The number of benzene rings is 2. The summed E-state index contributed by atoms with van der Waals surface area (Å²) in [7, 11) is 0. The highest BCUT2D eigenvalue weighted by Crippen LogP contribution is 2.39. The van der Waals surface area contributed by atoms with Crippen LogP contribution in [0.4, 0.5) is 5.82 Å². The Bertz CT molecular complexity index is 1640. The second-order valence-electron chi connectivity index (χ2n) is 8.07. The van der Waals surface area contributed by atoms with E-state index in [1.165, 1.54) is 6.08 Å². The average Bonchev–Trinajstić information content (AvgIpc) is 3.39. The number of rotatable bonds is 5. The number of nitrogens with zero attached hydrogens (tertiary/aromatic N) is 3. The number of fused-ring (bicyclic) bond motifs is 2. The number of nitrogens with two attached hydrogens (primary N) is 1. The highest BCUT2D eigenvalue weighted by atomic mass is 16.3. The van der Waals surface area contributed by atoms with E-state index in [0.717, 1.165) is 27.7 Å². The predicted molar refractivity (Wildman–Crippen MR) is 131 cm³/mol. The van der Waals surface area contributed by atoms with Crippen molar-refractivity contribution in [1.82, 2.24) is 25.3 Å². The van der Waals surface area contributed by atoms with Gasteiger partial charge in [-0.05, 0) is 49.8 Å². The molecular weight excluding hydrogens is 432 g/mol. The molecule has 9 nitrogen and oxygen atoms in total. The van der Waals surface area contributed by atoms with Crippen LogP contribution in [0.25, 0.3) is 39.0 Å². The van der Waals surface area contributed by atoms with Gasteiger partial charge >= 0.3 is 0 Å². The second kappa shape index (κ2) is 8.04. The molecule has 0 unspecified atom stereocenters. The van der Waals surface area contributed by atoms with E-state index in [4.69, 9.17) is 10.2 Å². The van der Waals surface area contributed by atoms with Crippen LogP contribution in [0.1, 0.15) is 16.7 Å². The van der Waals surface area contributed by atoms with Gasteiger partial charge in [-0.1, -0.05) is 30.3 Å². The zero-order valence-corrected chi connectivity index (χ0v) is 18.7. The van der Waals surface area contributed by atoms with Crippen LogP contribution in [-0.2, 0) is 11.3 Å². The van der Waals surface area contributed by atoms with Gasteiger partial charge in [-0.15, -0.1) is 0 Å². The number of H-pyrrole nitrogens is 1. The van der Waals surface area contributed by atoms with Crippen molar-refractivity contribution >= 4 is 33.6 Å². The molecule has 0 radical (unpaired) electrons. The first-order chi connectivity index (χ1) is 16.4. The number of hydrogen-bond acceptors (Lipinski definition) is 6. The summed E-state index contributed by atoms with van der Waals surface area (Å²) in [5, 5.41) is 15.1. The molecule has 34 heavy (non-hydrogen) atoms. The largest absolute Gasteiger partial charge is 0.454 e. The van der Waals surface area contributed by atoms with Crippen molar-refractivity contribution in [2.75, 3.05) is 5.73 Å². The Morgan fingerprint density at radius 1 is 1.24 bits per heavy atom. The van der Waals surface area contributed by atoms with Crippen molar-refractivity contribution < 1.29 is 9.21 Å². The molecular formula is C25H22N6O3. The number of nitrogens with one attached hydrogen (secondary N) is 2. The van der Waals surface area contributed by atoms with Crippen LogP contribution in [0, 0.1) is 13.8 Å². The zero-order chi connectivity index (χ0) is 24.0. The van der Waals surface area contributed by atoms with Gasteiger partial charge < -0.3 is 15.5 Å². The lowest BCUT2D eigenvalue weighted by Gasteiger charge is -2.09. The molecule has 0 atom stereocenters. The number of aromatic nitrogens is 4. The normalized spacial score (nSPS) is 11.2. The van der Waals surface area contributed by atoms with Gasteiger partial charge in [-0.25, -0.2) is 9.78 Å². The topological polar surface area (TPSA) is 132 Å². The van der Waals surface area contributed by atoms with Crippen LogP contribution < -0.4 is 16.6 Å². The van der Waals surface area contributed by atoms with E-state index in [1.54, 1.807) is 4.68 Å². The lowest BCUT2D eigenvalue weighted by Crippen LogP contribution is -2.19. The standard InChI is InChI=1S/C25H22N6O3/c1-4-19(32)27-12-15-6-8-16(9-7-15)31-22(20-21(30-31)25(33)29-28-24(20)26)23-14(3)17-11-13(2)5-10-18(17)34-23/h4-11H,1,12H2,2-3H3,(H2,26,28)(H,27,32)(H,29,33). The number of carbonyl (C=O) groups excluding carboxylic acids is 1. The second-order valence-corrected chi connectivity index (χ2v) is 8.07. The van der Waals surface area contributed by atoms with E-state index in [1.807, 2.05) is 50.2 Å². The molecule has 4 N–H and O–H groups in total. The fourth-order valence-corrected chi connectivity index (χ4v) is 4.01. The number of nitrogen functional groups attached to an aromatic ring is 1. The molecule has 1 amide bonds. The molecule has 0 aliphatic heterocycles. The monoisotopic (exact) mass is 454 g/mol. The third-order valence-electron chi connectivity index (χ3n) is 5.77. The van der Waals surface area contributed by atoms with Crippen LogP contribution in [0.2, 0.25) is 0 Å². The van der Waals surface area contributed by atoms with Gasteiger partial charge in [0.05, 0.1) is 11.1 Å². The molecule has 2 aromatic carbocycles. The third kappa shape index (κ3) is 3.43. The number of anilines is 1. The number of aryl methyl sites for hydroxylation is 2. The molecule has 0 saturated carbocycles. The van der Waals surface area contributed by atoms with Crippen LogP contribution in [-0.4, -0.2) is 25.9 Å².